The van der Waals surface area contributed by atoms with Crippen molar-refractivity contribution in [1.29, 1.82) is 0 Å². The van der Waals surface area contributed by atoms with Crippen LogP contribution in [0, 0.1) is 5.92 Å². The zero-order valence-corrected chi connectivity index (χ0v) is 12.9. The highest BCUT2D eigenvalue weighted by atomic mass is 15.3. The van der Waals surface area contributed by atoms with E-state index < -0.39 is 0 Å². The molecule has 1 aromatic heterocycles. The summed E-state index contributed by atoms with van der Waals surface area (Å²) in [6, 6.07) is 2.83. The van der Waals surface area contributed by atoms with Crippen LogP contribution in [0.5, 0.6) is 0 Å². The summed E-state index contributed by atoms with van der Waals surface area (Å²) in [5.74, 6) is 0.772. The van der Waals surface area contributed by atoms with Gasteiger partial charge in [0.25, 0.3) is 0 Å². The summed E-state index contributed by atoms with van der Waals surface area (Å²) in [5.41, 5.74) is 7.81. The van der Waals surface area contributed by atoms with Crippen LogP contribution >= 0.6 is 0 Å². The normalized spacial score (nSPS) is 32.4. The van der Waals surface area contributed by atoms with Crippen LogP contribution in [-0.4, -0.2) is 15.3 Å². The van der Waals surface area contributed by atoms with Crippen molar-refractivity contribution in [3.8, 4) is 0 Å². The van der Waals surface area contributed by atoms with Gasteiger partial charge < -0.3 is 5.73 Å². The lowest BCUT2D eigenvalue weighted by molar-refractivity contribution is 0.232. The van der Waals surface area contributed by atoms with E-state index in [0.29, 0.717) is 6.04 Å². The fourth-order valence-electron chi connectivity index (χ4n) is 4.24. The third-order valence-corrected chi connectivity index (χ3v) is 5.27. The van der Waals surface area contributed by atoms with E-state index in [9.17, 15) is 0 Å². The Morgan fingerprint density at radius 1 is 1.25 bits per heavy atom. The van der Waals surface area contributed by atoms with Crippen LogP contribution in [0.2, 0.25) is 0 Å². The summed E-state index contributed by atoms with van der Waals surface area (Å²) in [7, 11) is 0. The minimum absolute atomic E-state index is 0.0105. The van der Waals surface area contributed by atoms with Gasteiger partial charge in [0, 0.05) is 18.2 Å². The number of nitrogens with zero attached hydrogens (tertiary/aromatic N) is 2. The van der Waals surface area contributed by atoms with Crippen molar-refractivity contribution in [2.24, 2.45) is 11.7 Å². The monoisotopic (exact) mass is 275 g/mol. The second-order valence-electron chi connectivity index (χ2n) is 7.32. The highest BCUT2D eigenvalue weighted by Crippen LogP contribution is 2.33. The average molecular weight is 275 g/mol. The van der Waals surface area contributed by atoms with Gasteiger partial charge in [0.2, 0.25) is 0 Å². The fraction of sp³-hybridized carbons (Fsp3) is 0.824. The van der Waals surface area contributed by atoms with E-state index in [1.807, 2.05) is 0 Å². The van der Waals surface area contributed by atoms with Gasteiger partial charge in [-0.05, 0) is 37.7 Å². The van der Waals surface area contributed by atoms with Gasteiger partial charge in [-0.2, -0.15) is 5.10 Å². The molecule has 0 aromatic carbocycles. The molecule has 2 aliphatic carbocycles. The first-order chi connectivity index (χ1) is 9.65. The molecule has 3 nitrogen and oxygen atoms in total. The standard InChI is InChI=1S/C17H29N3/c1-14-6-5-10-17(18,12-14)13-15-9-11-20(19-15)16-7-3-2-4-8-16/h9,11,14,16H,2-8,10,12-13,18H2,1H3. The Labute approximate surface area is 122 Å². The van der Waals surface area contributed by atoms with Gasteiger partial charge in [-0.1, -0.05) is 39.0 Å². The molecule has 2 fully saturated rings. The Morgan fingerprint density at radius 3 is 2.80 bits per heavy atom. The molecular formula is C17H29N3. The van der Waals surface area contributed by atoms with E-state index in [4.69, 9.17) is 10.8 Å². The van der Waals surface area contributed by atoms with Crippen LogP contribution in [-0.2, 0) is 6.42 Å². The van der Waals surface area contributed by atoms with Crippen LogP contribution in [0.1, 0.15) is 76.4 Å². The van der Waals surface area contributed by atoms with Crippen molar-refractivity contribution in [2.45, 2.75) is 82.7 Å². The van der Waals surface area contributed by atoms with Gasteiger partial charge in [-0.15, -0.1) is 0 Å². The molecular weight excluding hydrogens is 246 g/mol. The summed E-state index contributed by atoms with van der Waals surface area (Å²) in [6.07, 6.45) is 14.8. The molecule has 2 saturated carbocycles. The molecule has 1 heterocycles. The van der Waals surface area contributed by atoms with Crippen LogP contribution in [0.3, 0.4) is 0 Å². The van der Waals surface area contributed by atoms with Gasteiger partial charge >= 0.3 is 0 Å². The molecule has 0 spiro atoms. The summed E-state index contributed by atoms with van der Waals surface area (Å²) in [4.78, 5) is 0. The van der Waals surface area contributed by atoms with E-state index in [1.54, 1.807) is 0 Å². The topological polar surface area (TPSA) is 43.8 Å². The summed E-state index contributed by atoms with van der Waals surface area (Å²) < 4.78 is 2.21. The molecule has 1 aromatic rings. The summed E-state index contributed by atoms with van der Waals surface area (Å²) in [6.45, 7) is 2.33. The van der Waals surface area contributed by atoms with E-state index in [1.165, 1.54) is 50.6 Å². The molecule has 112 valence electrons. The van der Waals surface area contributed by atoms with Crippen molar-refractivity contribution in [3.63, 3.8) is 0 Å². The molecule has 20 heavy (non-hydrogen) atoms. The predicted octanol–water partition coefficient (Wildman–Crippen LogP) is 3.84. The minimum Gasteiger partial charge on any atom is -0.325 e. The number of hydrogen-bond donors (Lipinski definition) is 1. The number of aromatic nitrogens is 2. The van der Waals surface area contributed by atoms with Gasteiger partial charge in [-0.3, -0.25) is 4.68 Å². The third kappa shape index (κ3) is 3.25. The molecule has 3 heteroatoms. The van der Waals surface area contributed by atoms with E-state index >= 15 is 0 Å². The molecule has 0 aliphatic heterocycles. The molecule has 0 radical (unpaired) electrons. The Balaban J connectivity index is 1.64. The van der Waals surface area contributed by atoms with Crippen molar-refractivity contribution in [1.82, 2.24) is 9.78 Å². The first kappa shape index (κ1) is 14.1. The SMILES string of the molecule is CC1CCCC(N)(Cc2ccn(C3CCCCC3)n2)C1. The lowest BCUT2D eigenvalue weighted by atomic mass is 9.75. The summed E-state index contributed by atoms with van der Waals surface area (Å²) in [5, 5.41) is 4.83. The molecule has 2 atom stereocenters. The Kier molecular flexibility index (Phi) is 4.16. The molecule has 3 rings (SSSR count). The largest absolute Gasteiger partial charge is 0.325 e. The lowest BCUT2D eigenvalue weighted by Crippen LogP contribution is -2.46. The van der Waals surface area contributed by atoms with Gasteiger partial charge in [0.05, 0.1) is 11.7 Å². The zero-order valence-electron chi connectivity index (χ0n) is 12.9. The van der Waals surface area contributed by atoms with Gasteiger partial charge in [-0.25, -0.2) is 0 Å². The second-order valence-corrected chi connectivity index (χ2v) is 7.32. The second kappa shape index (κ2) is 5.88. The number of rotatable bonds is 3. The molecule has 0 amide bonds. The first-order valence-electron chi connectivity index (χ1n) is 8.48. The van der Waals surface area contributed by atoms with Crippen LogP contribution in [0.4, 0.5) is 0 Å². The number of hydrogen-bond acceptors (Lipinski definition) is 2. The Hall–Kier alpha value is -0.830. The molecule has 2 unspecified atom stereocenters. The summed E-state index contributed by atoms with van der Waals surface area (Å²) >= 11 is 0. The molecule has 0 saturated heterocycles. The zero-order chi connectivity index (χ0) is 14.0. The maximum absolute atomic E-state index is 6.62. The molecule has 0 bridgehead atoms. The molecule has 2 aliphatic rings. The van der Waals surface area contributed by atoms with Crippen LogP contribution in [0.15, 0.2) is 12.3 Å². The highest BCUT2D eigenvalue weighted by molar-refractivity contribution is 5.07. The minimum atomic E-state index is -0.0105. The highest BCUT2D eigenvalue weighted by Gasteiger charge is 2.32. The van der Waals surface area contributed by atoms with Gasteiger partial charge in [0.1, 0.15) is 0 Å². The smallest absolute Gasteiger partial charge is 0.0643 e. The quantitative estimate of drug-likeness (QED) is 0.911. The van der Waals surface area contributed by atoms with E-state index in [2.05, 4.69) is 23.9 Å². The van der Waals surface area contributed by atoms with Crippen molar-refractivity contribution >= 4 is 0 Å². The Morgan fingerprint density at radius 2 is 2.05 bits per heavy atom. The average Bonchev–Trinajstić information content (AvgIpc) is 2.87. The van der Waals surface area contributed by atoms with Gasteiger partial charge in [0.15, 0.2) is 0 Å². The van der Waals surface area contributed by atoms with Crippen LogP contribution in [0.25, 0.3) is 0 Å². The maximum Gasteiger partial charge on any atom is 0.0643 e. The molecule has 2 N–H and O–H groups in total. The van der Waals surface area contributed by atoms with E-state index in [-0.39, 0.29) is 5.54 Å². The number of nitrogens with two attached hydrogens (primary N) is 1. The van der Waals surface area contributed by atoms with Crippen molar-refractivity contribution in [3.05, 3.63) is 18.0 Å². The van der Waals surface area contributed by atoms with Crippen LogP contribution < -0.4 is 5.73 Å². The third-order valence-electron chi connectivity index (χ3n) is 5.27. The van der Waals surface area contributed by atoms with Crippen molar-refractivity contribution < 1.29 is 0 Å². The Bertz CT molecular complexity index is 433. The fourth-order valence-corrected chi connectivity index (χ4v) is 4.24. The van der Waals surface area contributed by atoms with E-state index in [0.717, 1.165) is 25.2 Å². The van der Waals surface area contributed by atoms with Crippen molar-refractivity contribution in [2.75, 3.05) is 0 Å². The lowest BCUT2D eigenvalue weighted by Gasteiger charge is -2.36. The maximum atomic E-state index is 6.62. The first-order valence-corrected chi connectivity index (χ1v) is 8.48. The predicted molar refractivity (Wildman–Crippen MR) is 82.6 cm³/mol.